The number of amides is 2. The smallest absolute Gasteiger partial charge is 0.416 e. The Morgan fingerprint density at radius 1 is 0.933 bits per heavy atom. The number of hydrogen-bond acceptors (Lipinski definition) is 4. The Hall–Kier alpha value is -3.75. The number of nitrogens with one attached hydrogen (secondary N) is 3. The maximum atomic E-state index is 12.7. The molecule has 0 atom stereocenters. The van der Waals surface area contributed by atoms with E-state index < -0.39 is 23.6 Å². The fourth-order valence-electron chi connectivity index (χ4n) is 2.61. The first-order valence-electron chi connectivity index (χ1n) is 8.93. The highest BCUT2D eigenvalue weighted by molar-refractivity contribution is 6.02. The summed E-state index contributed by atoms with van der Waals surface area (Å²) in [7, 11) is 0. The van der Waals surface area contributed by atoms with Gasteiger partial charge in [-0.25, -0.2) is 0 Å². The molecule has 1 heterocycles. The Bertz CT molecular complexity index is 1020. The molecule has 6 nitrogen and oxygen atoms in total. The number of hydrogen-bond donors (Lipinski definition) is 3. The van der Waals surface area contributed by atoms with E-state index in [1.54, 1.807) is 30.3 Å². The highest BCUT2D eigenvalue weighted by Gasteiger charge is 2.30. The van der Waals surface area contributed by atoms with Crippen molar-refractivity contribution in [1.82, 2.24) is 5.32 Å². The van der Waals surface area contributed by atoms with Gasteiger partial charge in [-0.05, 0) is 48.0 Å². The van der Waals surface area contributed by atoms with Crippen molar-refractivity contribution in [3.05, 3.63) is 83.8 Å². The van der Waals surface area contributed by atoms with Crippen molar-refractivity contribution in [3.63, 3.8) is 0 Å². The molecule has 0 radical (unpaired) electrons. The molecule has 0 spiro atoms. The molecule has 30 heavy (non-hydrogen) atoms. The van der Waals surface area contributed by atoms with Crippen molar-refractivity contribution in [2.45, 2.75) is 12.7 Å². The average Bonchev–Trinajstić information content (AvgIpc) is 3.26. The number of anilines is 2. The van der Waals surface area contributed by atoms with Gasteiger partial charge in [0.2, 0.25) is 5.91 Å². The lowest BCUT2D eigenvalue weighted by Crippen LogP contribution is -2.29. The predicted molar refractivity (Wildman–Crippen MR) is 105 cm³/mol. The number of alkyl halides is 3. The number of halogens is 3. The maximum Gasteiger partial charge on any atom is 0.416 e. The van der Waals surface area contributed by atoms with Gasteiger partial charge in [-0.1, -0.05) is 18.2 Å². The molecule has 0 aliphatic rings. The lowest BCUT2D eigenvalue weighted by molar-refractivity contribution is -0.137. The SMILES string of the molecule is O=C(CNc1cccc(C(F)(F)F)c1)NCc1cccc(NC(=O)c2ccco2)c1. The Morgan fingerprint density at radius 2 is 1.70 bits per heavy atom. The average molecular weight is 417 g/mol. The van der Waals surface area contributed by atoms with Gasteiger partial charge in [0.1, 0.15) is 0 Å². The zero-order valence-corrected chi connectivity index (χ0v) is 15.6. The molecule has 0 aliphatic carbocycles. The van der Waals surface area contributed by atoms with Crippen LogP contribution in [0.5, 0.6) is 0 Å². The van der Waals surface area contributed by atoms with E-state index in [-0.39, 0.29) is 24.5 Å². The molecule has 2 amide bonds. The van der Waals surface area contributed by atoms with Crippen LogP contribution in [0.1, 0.15) is 21.7 Å². The number of carbonyl (C=O) groups excluding carboxylic acids is 2. The summed E-state index contributed by atoms with van der Waals surface area (Å²) in [5.74, 6) is -0.613. The molecule has 0 saturated heterocycles. The molecule has 3 aromatic rings. The van der Waals surface area contributed by atoms with Crippen LogP contribution in [0.2, 0.25) is 0 Å². The highest BCUT2D eigenvalue weighted by atomic mass is 19.4. The highest BCUT2D eigenvalue weighted by Crippen LogP contribution is 2.30. The van der Waals surface area contributed by atoms with Gasteiger partial charge < -0.3 is 20.4 Å². The predicted octanol–water partition coefficient (Wildman–Crippen LogP) is 4.28. The molecule has 0 saturated carbocycles. The zero-order valence-electron chi connectivity index (χ0n) is 15.6. The van der Waals surface area contributed by atoms with Gasteiger partial charge in [-0.15, -0.1) is 0 Å². The van der Waals surface area contributed by atoms with Crippen LogP contribution in [0.4, 0.5) is 24.5 Å². The third-order valence-corrected chi connectivity index (χ3v) is 4.06. The number of benzene rings is 2. The Morgan fingerprint density at radius 3 is 2.43 bits per heavy atom. The Kier molecular flexibility index (Phi) is 6.41. The second-order valence-electron chi connectivity index (χ2n) is 6.34. The number of furan rings is 1. The molecular weight excluding hydrogens is 399 g/mol. The van der Waals surface area contributed by atoms with Gasteiger partial charge in [0.15, 0.2) is 5.76 Å². The number of carbonyl (C=O) groups is 2. The molecule has 0 aliphatic heterocycles. The normalized spacial score (nSPS) is 11.0. The first-order chi connectivity index (χ1) is 14.3. The van der Waals surface area contributed by atoms with Crippen LogP contribution < -0.4 is 16.0 Å². The Balaban J connectivity index is 1.50. The molecular formula is C21H18F3N3O3. The van der Waals surface area contributed by atoms with E-state index in [4.69, 9.17) is 4.42 Å². The first kappa shape index (κ1) is 21.0. The van der Waals surface area contributed by atoms with Crippen molar-refractivity contribution >= 4 is 23.2 Å². The van der Waals surface area contributed by atoms with Crippen LogP contribution in [0.25, 0.3) is 0 Å². The van der Waals surface area contributed by atoms with E-state index in [0.717, 1.165) is 17.7 Å². The molecule has 3 rings (SSSR count). The summed E-state index contributed by atoms with van der Waals surface area (Å²) in [5, 5.41) is 8.02. The van der Waals surface area contributed by atoms with Crippen LogP contribution in [-0.4, -0.2) is 18.4 Å². The van der Waals surface area contributed by atoms with E-state index >= 15 is 0 Å². The summed E-state index contributed by atoms with van der Waals surface area (Å²) in [6.45, 7) is 0.00377. The van der Waals surface area contributed by atoms with Gasteiger partial charge in [0.25, 0.3) is 5.91 Å². The summed E-state index contributed by atoms with van der Waals surface area (Å²) in [6, 6.07) is 14.7. The summed E-state index contributed by atoms with van der Waals surface area (Å²) in [5.41, 5.74) is 0.675. The van der Waals surface area contributed by atoms with Crippen molar-refractivity contribution in [2.75, 3.05) is 17.2 Å². The fraction of sp³-hybridized carbons (Fsp3) is 0.143. The molecule has 0 bridgehead atoms. The second kappa shape index (κ2) is 9.17. The van der Waals surface area contributed by atoms with Crippen LogP contribution in [0.15, 0.2) is 71.3 Å². The van der Waals surface area contributed by atoms with Crippen LogP contribution in [-0.2, 0) is 17.5 Å². The monoisotopic (exact) mass is 417 g/mol. The third-order valence-electron chi connectivity index (χ3n) is 4.06. The molecule has 3 N–H and O–H groups in total. The fourth-order valence-corrected chi connectivity index (χ4v) is 2.61. The van der Waals surface area contributed by atoms with Crippen molar-refractivity contribution in [3.8, 4) is 0 Å². The van der Waals surface area contributed by atoms with Crippen LogP contribution >= 0.6 is 0 Å². The summed E-state index contributed by atoms with van der Waals surface area (Å²) in [4.78, 5) is 24.0. The van der Waals surface area contributed by atoms with Crippen molar-refractivity contribution in [1.29, 1.82) is 0 Å². The molecule has 0 unspecified atom stereocenters. The topological polar surface area (TPSA) is 83.4 Å². The molecule has 9 heteroatoms. The molecule has 156 valence electrons. The summed E-state index contributed by atoms with van der Waals surface area (Å²) >= 11 is 0. The standard InChI is InChI=1S/C21H18F3N3O3/c22-21(23,24)15-5-2-6-16(11-15)25-13-19(28)26-12-14-4-1-7-17(10-14)27-20(29)18-8-3-9-30-18/h1-11,25H,12-13H2,(H,26,28)(H,27,29). The van der Waals surface area contributed by atoms with Gasteiger partial charge in [0.05, 0.1) is 18.4 Å². The quantitative estimate of drug-likeness (QED) is 0.536. The van der Waals surface area contributed by atoms with Crippen molar-refractivity contribution in [2.24, 2.45) is 0 Å². The minimum absolute atomic E-state index is 0.175. The van der Waals surface area contributed by atoms with Gasteiger partial charge in [-0.3, -0.25) is 9.59 Å². The molecule has 0 fully saturated rings. The van der Waals surface area contributed by atoms with Crippen LogP contribution in [0.3, 0.4) is 0 Å². The lowest BCUT2D eigenvalue weighted by atomic mass is 10.2. The summed E-state index contributed by atoms with van der Waals surface area (Å²) < 4.78 is 43.2. The van der Waals surface area contributed by atoms with E-state index in [9.17, 15) is 22.8 Å². The van der Waals surface area contributed by atoms with Gasteiger partial charge in [0, 0.05) is 17.9 Å². The van der Waals surface area contributed by atoms with Crippen molar-refractivity contribution < 1.29 is 27.2 Å². The molecule has 1 aromatic heterocycles. The second-order valence-corrected chi connectivity index (χ2v) is 6.34. The summed E-state index contributed by atoms with van der Waals surface area (Å²) in [6.07, 6.45) is -3.05. The maximum absolute atomic E-state index is 12.7. The van der Waals surface area contributed by atoms with Gasteiger partial charge >= 0.3 is 6.18 Å². The first-order valence-corrected chi connectivity index (χ1v) is 8.93. The largest absolute Gasteiger partial charge is 0.459 e. The zero-order chi connectivity index (χ0) is 21.6. The third kappa shape index (κ3) is 5.87. The van der Waals surface area contributed by atoms with E-state index in [1.165, 1.54) is 24.5 Å². The minimum Gasteiger partial charge on any atom is -0.459 e. The Labute approximate surface area is 170 Å². The number of rotatable bonds is 7. The molecule has 2 aromatic carbocycles. The van der Waals surface area contributed by atoms with E-state index in [2.05, 4.69) is 16.0 Å². The van der Waals surface area contributed by atoms with Gasteiger partial charge in [-0.2, -0.15) is 13.2 Å². The van der Waals surface area contributed by atoms with E-state index in [1.807, 2.05) is 0 Å². The lowest BCUT2D eigenvalue weighted by Gasteiger charge is -2.11. The van der Waals surface area contributed by atoms with Crippen LogP contribution in [0, 0.1) is 0 Å². The van der Waals surface area contributed by atoms with E-state index in [0.29, 0.717) is 5.69 Å². The minimum atomic E-state index is -4.45.